The van der Waals surface area contributed by atoms with Crippen molar-refractivity contribution >= 4 is 34.2 Å². The van der Waals surface area contributed by atoms with Crippen LogP contribution in [-0.2, 0) is 0 Å². The van der Waals surface area contributed by atoms with Crippen molar-refractivity contribution in [1.82, 2.24) is 9.47 Å². The molecule has 0 saturated carbocycles. The van der Waals surface area contributed by atoms with Crippen LogP contribution in [0.3, 0.4) is 0 Å². The van der Waals surface area contributed by atoms with Crippen LogP contribution in [0.15, 0.2) is 71.7 Å². The number of pyridine rings is 1. The third kappa shape index (κ3) is 4.43. The number of hydrogen-bond acceptors (Lipinski definition) is 5. The van der Waals surface area contributed by atoms with E-state index in [0.29, 0.717) is 48.2 Å². The second-order valence-corrected chi connectivity index (χ2v) is 10.5. The summed E-state index contributed by atoms with van der Waals surface area (Å²) in [5.41, 5.74) is 1.95. The minimum Gasteiger partial charge on any atom is -0.487 e. The Morgan fingerprint density at radius 2 is 1.72 bits per heavy atom. The summed E-state index contributed by atoms with van der Waals surface area (Å²) >= 11 is 6.16. The summed E-state index contributed by atoms with van der Waals surface area (Å²) < 4.78 is 23.5. The normalized spacial score (nSPS) is 18.1. The molecule has 4 aromatic rings. The molecule has 1 saturated heterocycles. The lowest BCUT2D eigenvalue weighted by Gasteiger charge is -2.41. The minimum atomic E-state index is -1.33. The lowest BCUT2D eigenvalue weighted by molar-refractivity contribution is 0.0694. The molecular formula is C30H27ClFN3O4. The molecule has 200 valence electrons. The Kier molecular flexibility index (Phi) is 6.53. The maximum Gasteiger partial charge on any atom is 0.341 e. The van der Waals surface area contributed by atoms with Crippen molar-refractivity contribution in [2.24, 2.45) is 0 Å². The molecule has 0 radical (unpaired) electrons. The fourth-order valence-corrected chi connectivity index (χ4v) is 5.88. The average molecular weight is 548 g/mol. The van der Waals surface area contributed by atoms with Gasteiger partial charge in [0.1, 0.15) is 17.9 Å². The van der Waals surface area contributed by atoms with Crippen molar-refractivity contribution in [3.8, 4) is 5.75 Å². The lowest BCUT2D eigenvalue weighted by Crippen LogP contribution is -2.48. The van der Waals surface area contributed by atoms with Gasteiger partial charge in [0, 0.05) is 37.4 Å². The van der Waals surface area contributed by atoms with Crippen LogP contribution in [0.4, 0.5) is 10.1 Å². The first kappa shape index (κ1) is 25.4. The summed E-state index contributed by atoms with van der Waals surface area (Å²) in [6.45, 7) is 4.54. The molecule has 39 heavy (non-hydrogen) atoms. The van der Waals surface area contributed by atoms with E-state index >= 15 is 4.39 Å². The molecule has 1 N–H and O–H groups in total. The number of aromatic carboxylic acids is 1. The van der Waals surface area contributed by atoms with Crippen LogP contribution >= 0.6 is 11.6 Å². The summed E-state index contributed by atoms with van der Waals surface area (Å²) in [6.07, 6.45) is 1.35. The van der Waals surface area contributed by atoms with Crippen LogP contribution in [0, 0.1) is 5.82 Å². The third-order valence-electron chi connectivity index (χ3n) is 7.67. The Morgan fingerprint density at radius 1 is 1.05 bits per heavy atom. The number of piperazine rings is 1. The fraction of sp³-hybridized carbons (Fsp3) is 0.267. The van der Waals surface area contributed by atoms with Crippen LogP contribution in [0.25, 0.3) is 10.9 Å². The Morgan fingerprint density at radius 3 is 2.38 bits per heavy atom. The SMILES string of the molecule is C[C@H]1COc2c(N3CCN(C(c4ccccc4)c4ccc(Cl)cc4)CC3)c(F)cc3c(=O)c(C(=O)O)cn1c23. The zero-order valence-electron chi connectivity index (χ0n) is 21.3. The van der Waals surface area contributed by atoms with Gasteiger partial charge in [0.2, 0.25) is 5.43 Å². The molecule has 0 amide bonds. The molecule has 2 atom stereocenters. The number of carbonyl (C=O) groups is 1. The van der Waals surface area contributed by atoms with E-state index < -0.39 is 17.2 Å². The Bertz CT molecular complexity index is 1620. The Labute approximate surface area is 229 Å². The van der Waals surface area contributed by atoms with Crippen molar-refractivity contribution < 1.29 is 19.0 Å². The molecule has 1 aromatic heterocycles. The standard InChI is InChI=1S/C30H27ClFN3O4/c1-18-17-39-29-26-22(28(36)23(30(37)38)16-35(18)26)15-24(32)27(29)34-13-11-33(12-14-34)25(19-5-3-2-4-6-19)20-7-9-21(31)10-8-20/h2-10,15-16,18,25H,11-14,17H2,1H3,(H,37,38)/t18-,25?/m0/s1. The molecule has 6 rings (SSSR count). The molecule has 2 aliphatic heterocycles. The number of carboxylic acid groups (broad SMARTS) is 1. The van der Waals surface area contributed by atoms with Crippen LogP contribution in [0.2, 0.25) is 5.02 Å². The van der Waals surface area contributed by atoms with Gasteiger partial charge in [-0.25, -0.2) is 9.18 Å². The first-order valence-electron chi connectivity index (χ1n) is 12.9. The van der Waals surface area contributed by atoms with E-state index in [1.54, 1.807) is 4.57 Å². The summed E-state index contributed by atoms with van der Waals surface area (Å²) in [6, 6.07) is 19.1. The van der Waals surface area contributed by atoms with Crippen molar-refractivity contribution in [2.75, 3.05) is 37.7 Å². The molecule has 9 heteroatoms. The smallest absolute Gasteiger partial charge is 0.341 e. The van der Waals surface area contributed by atoms with E-state index in [1.165, 1.54) is 6.20 Å². The van der Waals surface area contributed by atoms with Crippen LogP contribution in [0.5, 0.6) is 5.75 Å². The summed E-state index contributed by atoms with van der Waals surface area (Å²) in [5.74, 6) is -1.63. The molecule has 1 fully saturated rings. The highest BCUT2D eigenvalue weighted by atomic mass is 35.5. The van der Waals surface area contributed by atoms with Gasteiger partial charge in [-0.05, 0) is 36.2 Å². The van der Waals surface area contributed by atoms with Gasteiger partial charge in [-0.1, -0.05) is 54.1 Å². The number of ether oxygens (including phenoxy) is 1. The van der Waals surface area contributed by atoms with E-state index in [9.17, 15) is 14.7 Å². The van der Waals surface area contributed by atoms with Crippen LogP contribution < -0.4 is 15.1 Å². The largest absolute Gasteiger partial charge is 0.487 e. The third-order valence-corrected chi connectivity index (χ3v) is 7.92. The van der Waals surface area contributed by atoms with Crippen molar-refractivity contribution in [3.63, 3.8) is 0 Å². The van der Waals surface area contributed by atoms with Gasteiger partial charge < -0.3 is 19.3 Å². The molecule has 3 aromatic carbocycles. The van der Waals surface area contributed by atoms with E-state index in [1.807, 2.05) is 54.3 Å². The number of nitrogens with zero attached hydrogens (tertiary/aromatic N) is 3. The van der Waals surface area contributed by atoms with E-state index in [-0.39, 0.29) is 29.6 Å². The number of hydrogen-bond donors (Lipinski definition) is 1. The highest BCUT2D eigenvalue weighted by Crippen LogP contribution is 2.42. The first-order valence-corrected chi connectivity index (χ1v) is 13.3. The van der Waals surface area contributed by atoms with Gasteiger partial charge in [-0.15, -0.1) is 0 Å². The molecule has 7 nitrogen and oxygen atoms in total. The van der Waals surface area contributed by atoms with Gasteiger partial charge in [0.25, 0.3) is 0 Å². The average Bonchev–Trinajstić information content (AvgIpc) is 2.94. The summed E-state index contributed by atoms with van der Waals surface area (Å²) in [5, 5.41) is 10.2. The van der Waals surface area contributed by atoms with E-state index in [2.05, 4.69) is 17.0 Å². The van der Waals surface area contributed by atoms with Crippen molar-refractivity contribution in [2.45, 2.75) is 19.0 Å². The number of anilines is 1. The molecule has 0 bridgehead atoms. The van der Waals surface area contributed by atoms with Gasteiger partial charge >= 0.3 is 5.97 Å². The summed E-state index contributed by atoms with van der Waals surface area (Å²) in [7, 11) is 0. The van der Waals surface area contributed by atoms with Crippen LogP contribution in [-0.4, -0.2) is 53.3 Å². The number of carboxylic acids is 1. The molecule has 0 aliphatic carbocycles. The minimum absolute atomic E-state index is 0.0159. The number of benzene rings is 3. The van der Waals surface area contributed by atoms with Crippen molar-refractivity contribution in [3.05, 3.63) is 105 Å². The maximum atomic E-state index is 15.7. The maximum absolute atomic E-state index is 15.7. The Balaban J connectivity index is 1.36. The molecule has 1 unspecified atom stereocenters. The quantitative estimate of drug-likeness (QED) is 0.363. The van der Waals surface area contributed by atoms with E-state index in [0.717, 1.165) is 17.2 Å². The van der Waals surface area contributed by atoms with Gasteiger partial charge in [-0.2, -0.15) is 0 Å². The van der Waals surface area contributed by atoms with Crippen LogP contribution in [0.1, 0.15) is 40.5 Å². The monoisotopic (exact) mass is 547 g/mol. The first-order chi connectivity index (χ1) is 18.8. The second-order valence-electron chi connectivity index (χ2n) is 10.1. The van der Waals surface area contributed by atoms with Gasteiger partial charge in [0.05, 0.1) is 23.0 Å². The molecule has 3 heterocycles. The van der Waals surface area contributed by atoms with Crippen molar-refractivity contribution in [1.29, 1.82) is 0 Å². The highest BCUT2D eigenvalue weighted by Gasteiger charge is 2.33. The molecule has 0 spiro atoms. The molecule has 2 aliphatic rings. The second kappa shape index (κ2) is 10.0. The predicted octanol–water partition coefficient (Wildman–Crippen LogP) is 5.36. The van der Waals surface area contributed by atoms with Gasteiger partial charge in [0.15, 0.2) is 11.6 Å². The summed E-state index contributed by atoms with van der Waals surface area (Å²) in [4.78, 5) is 28.9. The lowest BCUT2D eigenvalue weighted by atomic mass is 9.96. The topological polar surface area (TPSA) is 75.0 Å². The molecular weight excluding hydrogens is 521 g/mol. The zero-order chi connectivity index (χ0) is 27.3. The predicted molar refractivity (Wildman–Crippen MR) is 149 cm³/mol. The van der Waals surface area contributed by atoms with E-state index in [4.69, 9.17) is 16.3 Å². The Hall–Kier alpha value is -3.88. The fourth-order valence-electron chi connectivity index (χ4n) is 5.76. The number of aromatic nitrogens is 1. The number of halogens is 2. The van der Waals surface area contributed by atoms with Gasteiger partial charge in [-0.3, -0.25) is 9.69 Å². The highest BCUT2D eigenvalue weighted by molar-refractivity contribution is 6.30. The number of rotatable bonds is 5. The zero-order valence-corrected chi connectivity index (χ0v) is 22.1.